The molecule has 0 aliphatic carbocycles. The van der Waals surface area contributed by atoms with Crippen LogP contribution in [0.4, 0.5) is 0 Å². The molecule has 0 spiro atoms. The van der Waals surface area contributed by atoms with E-state index in [1.165, 1.54) is 0 Å². The average molecular weight is 289 g/mol. The van der Waals surface area contributed by atoms with E-state index < -0.39 is 0 Å². The van der Waals surface area contributed by atoms with Crippen LogP contribution in [0, 0.1) is 0 Å². The lowest BCUT2D eigenvalue weighted by Crippen LogP contribution is -2.21. The summed E-state index contributed by atoms with van der Waals surface area (Å²) in [6.07, 6.45) is 3.23. The predicted octanol–water partition coefficient (Wildman–Crippen LogP) is 1.81. The maximum Gasteiger partial charge on any atom is 0.237 e. The molecule has 1 aromatic heterocycles. The van der Waals surface area contributed by atoms with Crippen LogP contribution in [-0.4, -0.2) is 38.3 Å². The molecule has 0 bridgehead atoms. The van der Waals surface area contributed by atoms with Crippen molar-refractivity contribution in [2.75, 3.05) is 28.4 Å². The molecule has 1 atom stereocenters. The number of nitrogens with zero attached hydrogens (tertiary/aromatic N) is 2. The maximum atomic E-state index is 5.49. The first kappa shape index (κ1) is 15.1. The smallest absolute Gasteiger partial charge is 0.237 e. The van der Waals surface area contributed by atoms with Crippen LogP contribution in [0.15, 0.2) is 30.6 Å². The van der Waals surface area contributed by atoms with Gasteiger partial charge in [-0.3, -0.25) is 4.98 Å². The zero-order chi connectivity index (χ0) is 15.2. The molecular weight excluding hydrogens is 270 g/mol. The second-order valence-corrected chi connectivity index (χ2v) is 4.26. The molecule has 21 heavy (non-hydrogen) atoms. The van der Waals surface area contributed by atoms with Crippen LogP contribution in [0.25, 0.3) is 0 Å². The third-order valence-corrected chi connectivity index (χ3v) is 3.19. The summed E-state index contributed by atoms with van der Waals surface area (Å²) in [6.45, 7) is 0. The van der Waals surface area contributed by atoms with Crippen molar-refractivity contribution in [1.82, 2.24) is 15.3 Å². The van der Waals surface area contributed by atoms with E-state index in [2.05, 4.69) is 15.3 Å². The van der Waals surface area contributed by atoms with E-state index in [1.807, 2.05) is 25.2 Å². The van der Waals surface area contributed by atoms with Crippen LogP contribution >= 0.6 is 0 Å². The van der Waals surface area contributed by atoms with E-state index >= 15 is 0 Å². The molecule has 6 nitrogen and oxygen atoms in total. The highest BCUT2D eigenvalue weighted by Crippen LogP contribution is 2.37. The summed E-state index contributed by atoms with van der Waals surface area (Å²) >= 11 is 0. The molecule has 0 saturated carbocycles. The van der Waals surface area contributed by atoms with E-state index in [4.69, 9.17) is 14.2 Å². The van der Waals surface area contributed by atoms with Gasteiger partial charge in [-0.1, -0.05) is 12.1 Å². The maximum absolute atomic E-state index is 5.49. The van der Waals surface area contributed by atoms with E-state index in [-0.39, 0.29) is 6.04 Å². The Morgan fingerprint density at radius 2 is 1.76 bits per heavy atom. The summed E-state index contributed by atoms with van der Waals surface area (Å²) in [7, 11) is 6.64. The Morgan fingerprint density at radius 3 is 2.38 bits per heavy atom. The molecule has 0 amide bonds. The van der Waals surface area contributed by atoms with Gasteiger partial charge in [-0.15, -0.1) is 0 Å². The summed E-state index contributed by atoms with van der Waals surface area (Å²) in [5.74, 6) is 1.80. The number of hydrogen-bond acceptors (Lipinski definition) is 6. The molecule has 2 rings (SSSR count). The summed E-state index contributed by atoms with van der Waals surface area (Å²) in [5, 5.41) is 3.22. The molecular formula is C15H19N3O3. The predicted molar refractivity (Wildman–Crippen MR) is 79.0 cm³/mol. The third kappa shape index (κ3) is 2.90. The second kappa shape index (κ2) is 6.90. The van der Waals surface area contributed by atoms with Gasteiger partial charge < -0.3 is 19.5 Å². The highest BCUT2D eigenvalue weighted by molar-refractivity contribution is 5.50. The number of para-hydroxylation sites is 1. The molecule has 112 valence electrons. The fraction of sp³-hybridized carbons (Fsp3) is 0.333. The van der Waals surface area contributed by atoms with E-state index in [0.717, 1.165) is 5.56 Å². The Hall–Kier alpha value is -2.34. The van der Waals surface area contributed by atoms with Gasteiger partial charge in [0, 0.05) is 18.0 Å². The first-order valence-electron chi connectivity index (χ1n) is 6.49. The van der Waals surface area contributed by atoms with Crippen LogP contribution < -0.4 is 19.5 Å². The molecule has 1 heterocycles. The molecule has 1 aromatic carbocycles. The third-order valence-electron chi connectivity index (χ3n) is 3.19. The van der Waals surface area contributed by atoms with Gasteiger partial charge in [0.25, 0.3) is 0 Å². The normalized spacial score (nSPS) is 11.8. The number of ether oxygens (including phenoxy) is 3. The van der Waals surface area contributed by atoms with Gasteiger partial charge in [0.05, 0.1) is 27.4 Å². The number of hydrogen-bond donors (Lipinski definition) is 1. The zero-order valence-corrected chi connectivity index (χ0v) is 12.6. The van der Waals surface area contributed by atoms with Crippen LogP contribution in [-0.2, 0) is 0 Å². The van der Waals surface area contributed by atoms with Crippen LogP contribution in [0.1, 0.15) is 17.3 Å². The lowest BCUT2D eigenvalue weighted by atomic mass is 10.0. The highest BCUT2D eigenvalue weighted by atomic mass is 16.5. The second-order valence-electron chi connectivity index (χ2n) is 4.26. The Balaban J connectivity index is 2.56. The fourth-order valence-electron chi connectivity index (χ4n) is 2.27. The Kier molecular flexibility index (Phi) is 4.94. The molecule has 0 radical (unpaired) electrons. The lowest BCUT2D eigenvalue weighted by molar-refractivity contribution is 0.347. The number of rotatable bonds is 6. The number of aromatic nitrogens is 2. The average Bonchev–Trinajstić information content (AvgIpc) is 2.55. The van der Waals surface area contributed by atoms with Crippen molar-refractivity contribution in [2.24, 2.45) is 0 Å². The van der Waals surface area contributed by atoms with Crippen molar-refractivity contribution in [3.8, 4) is 17.4 Å². The zero-order valence-electron chi connectivity index (χ0n) is 12.6. The first-order chi connectivity index (χ1) is 10.3. The summed E-state index contributed by atoms with van der Waals surface area (Å²) in [6, 6.07) is 5.49. The minimum Gasteiger partial charge on any atom is -0.493 e. The number of nitrogens with one attached hydrogen (secondary N) is 1. The van der Waals surface area contributed by atoms with Crippen molar-refractivity contribution < 1.29 is 14.2 Å². The Labute approximate surface area is 124 Å². The Bertz CT molecular complexity index is 604. The number of methoxy groups -OCH3 is 3. The monoisotopic (exact) mass is 289 g/mol. The van der Waals surface area contributed by atoms with Crippen LogP contribution in [0.3, 0.4) is 0 Å². The fourth-order valence-corrected chi connectivity index (χ4v) is 2.27. The van der Waals surface area contributed by atoms with Crippen LogP contribution in [0.5, 0.6) is 17.4 Å². The Morgan fingerprint density at radius 1 is 1.00 bits per heavy atom. The van der Waals surface area contributed by atoms with Gasteiger partial charge in [-0.2, -0.15) is 0 Å². The lowest BCUT2D eigenvalue weighted by Gasteiger charge is -2.21. The minimum atomic E-state index is -0.223. The number of benzene rings is 1. The summed E-state index contributed by atoms with van der Waals surface area (Å²) in [4.78, 5) is 8.57. The molecule has 0 aliphatic rings. The summed E-state index contributed by atoms with van der Waals surface area (Å²) in [5.41, 5.74) is 1.59. The molecule has 6 heteroatoms. The van der Waals surface area contributed by atoms with Gasteiger partial charge in [0.2, 0.25) is 5.88 Å². The largest absolute Gasteiger partial charge is 0.493 e. The van der Waals surface area contributed by atoms with Crippen molar-refractivity contribution >= 4 is 0 Å². The molecule has 1 unspecified atom stereocenters. The van der Waals surface area contributed by atoms with Gasteiger partial charge in [-0.25, -0.2) is 4.98 Å². The van der Waals surface area contributed by atoms with Crippen molar-refractivity contribution in [1.29, 1.82) is 0 Å². The van der Waals surface area contributed by atoms with Gasteiger partial charge in [0.15, 0.2) is 11.5 Å². The standard InChI is InChI=1S/C15H19N3O3/c1-16-12(13-15(21-4)18-9-8-17-13)10-6-5-7-11(19-2)14(10)20-3/h5-9,12,16H,1-4H3. The molecule has 2 aromatic rings. The van der Waals surface area contributed by atoms with E-state index in [0.29, 0.717) is 23.1 Å². The van der Waals surface area contributed by atoms with Crippen molar-refractivity contribution in [3.63, 3.8) is 0 Å². The molecule has 0 aliphatic heterocycles. The molecule has 0 fully saturated rings. The van der Waals surface area contributed by atoms with Gasteiger partial charge in [0.1, 0.15) is 5.69 Å². The van der Waals surface area contributed by atoms with E-state index in [9.17, 15) is 0 Å². The molecule has 1 N–H and O–H groups in total. The van der Waals surface area contributed by atoms with Crippen molar-refractivity contribution in [3.05, 3.63) is 41.9 Å². The SMILES string of the molecule is CNC(c1cccc(OC)c1OC)c1nccnc1OC. The molecule has 0 saturated heterocycles. The van der Waals surface area contributed by atoms with Crippen LogP contribution in [0.2, 0.25) is 0 Å². The highest BCUT2D eigenvalue weighted by Gasteiger charge is 2.24. The first-order valence-corrected chi connectivity index (χ1v) is 6.49. The quantitative estimate of drug-likeness (QED) is 0.875. The van der Waals surface area contributed by atoms with Gasteiger partial charge in [-0.05, 0) is 13.1 Å². The topological polar surface area (TPSA) is 65.5 Å². The summed E-state index contributed by atoms with van der Waals surface area (Å²) < 4.78 is 16.1. The van der Waals surface area contributed by atoms with Crippen molar-refractivity contribution in [2.45, 2.75) is 6.04 Å². The van der Waals surface area contributed by atoms with Gasteiger partial charge >= 0.3 is 0 Å². The van der Waals surface area contributed by atoms with E-state index in [1.54, 1.807) is 33.7 Å². The minimum absolute atomic E-state index is 0.223.